The second kappa shape index (κ2) is 8.90. The van der Waals surface area contributed by atoms with E-state index in [-0.39, 0.29) is 35.2 Å². The minimum absolute atomic E-state index is 0.0346. The Morgan fingerprint density at radius 3 is 2.14 bits per heavy atom. The fourth-order valence-electron chi connectivity index (χ4n) is 2.72. The lowest BCUT2D eigenvalue weighted by molar-refractivity contribution is -0.117. The van der Waals surface area contributed by atoms with Crippen molar-refractivity contribution in [2.45, 2.75) is 46.1 Å². The molecule has 0 aliphatic rings. The third-order valence-corrected chi connectivity index (χ3v) is 4.60. The number of benzene rings is 2. The highest BCUT2D eigenvalue weighted by molar-refractivity contribution is 5.98. The van der Waals surface area contributed by atoms with Crippen LogP contribution in [0.25, 0.3) is 0 Å². The highest BCUT2D eigenvalue weighted by atomic mass is 16.5. The topological polar surface area (TPSA) is 92.7 Å². The first kappa shape index (κ1) is 22.1. The average molecular weight is 397 g/mol. The molecule has 0 radical (unpaired) electrons. The maximum Gasteiger partial charge on any atom is 0.335 e. The number of carbonyl (C=O) groups excluding carboxylic acids is 2. The number of ether oxygens (including phenoxy) is 1. The summed E-state index contributed by atoms with van der Waals surface area (Å²) in [4.78, 5) is 35.1. The molecule has 2 aromatic carbocycles. The molecule has 2 N–H and O–H groups in total. The quantitative estimate of drug-likeness (QED) is 0.644. The van der Waals surface area contributed by atoms with Gasteiger partial charge in [-0.1, -0.05) is 20.8 Å². The molecule has 0 spiro atoms. The molecule has 2 aromatic rings. The van der Waals surface area contributed by atoms with E-state index < -0.39 is 5.97 Å². The van der Waals surface area contributed by atoms with Gasteiger partial charge in [0.2, 0.25) is 0 Å². The Morgan fingerprint density at radius 2 is 1.62 bits per heavy atom. The number of hydrogen-bond acceptors (Lipinski definition) is 5. The Morgan fingerprint density at radius 1 is 1.03 bits per heavy atom. The molecule has 0 saturated heterocycles. The summed E-state index contributed by atoms with van der Waals surface area (Å²) in [5.74, 6) is -0.751. The first-order valence-corrected chi connectivity index (χ1v) is 9.40. The zero-order valence-corrected chi connectivity index (χ0v) is 17.4. The molecule has 1 atom stereocenters. The number of rotatable bonds is 8. The Balaban J connectivity index is 2.17. The molecular weight excluding hydrogens is 370 g/mol. The molecule has 0 saturated carbocycles. The van der Waals surface area contributed by atoms with E-state index in [4.69, 9.17) is 9.84 Å². The Bertz CT molecular complexity index is 910. The van der Waals surface area contributed by atoms with E-state index in [2.05, 4.69) is 5.32 Å². The van der Waals surface area contributed by atoms with Gasteiger partial charge in [0, 0.05) is 11.3 Å². The van der Waals surface area contributed by atoms with Crippen LogP contribution in [0.4, 0.5) is 5.69 Å². The number of Topliss-reactive ketones (excluding diaryl/α,β-unsaturated/α-hetero) is 2. The minimum Gasteiger partial charge on any atom is -0.485 e. The molecular formula is C23H27NO5. The van der Waals surface area contributed by atoms with Gasteiger partial charge in [0.05, 0.1) is 11.6 Å². The monoisotopic (exact) mass is 397 g/mol. The summed E-state index contributed by atoms with van der Waals surface area (Å²) in [6, 6.07) is 10.9. The van der Waals surface area contributed by atoms with Crippen molar-refractivity contribution in [2.75, 3.05) is 11.9 Å². The second-order valence-electron chi connectivity index (χ2n) is 8.03. The Labute approximate surface area is 170 Å². The highest BCUT2D eigenvalue weighted by Crippen LogP contribution is 2.31. The van der Waals surface area contributed by atoms with Crippen LogP contribution >= 0.6 is 0 Å². The van der Waals surface area contributed by atoms with Crippen LogP contribution in [0, 0.1) is 0 Å². The molecule has 0 amide bonds. The molecule has 1 unspecified atom stereocenters. The summed E-state index contributed by atoms with van der Waals surface area (Å²) in [5, 5.41) is 12.1. The van der Waals surface area contributed by atoms with Crippen molar-refractivity contribution in [3.63, 3.8) is 0 Å². The van der Waals surface area contributed by atoms with Crippen molar-refractivity contribution in [3.05, 3.63) is 59.2 Å². The van der Waals surface area contributed by atoms with Gasteiger partial charge in [-0.3, -0.25) is 9.59 Å². The number of carboxylic acid groups (broad SMARTS) is 1. The van der Waals surface area contributed by atoms with E-state index >= 15 is 0 Å². The normalized spacial score (nSPS) is 12.2. The molecule has 0 bridgehead atoms. The summed E-state index contributed by atoms with van der Waals surface area (Å²) >= 11 is 0. The first-order chi connectivity index (χ1) is 13.5. The van der Waals surface area contributed by atoms with E-state index in [1.165, 1.54) is 31.2 Å². The molecule has 0 aliphatic heterocycles. The number of ketones is 2. The van der Waals surface area contributed by atoms with E-state index in [0.717, 1.165) is 11.3 Å². The van der Waals surface area contributed by atoms with Crippen molar-refractivity contribution in [3.8, 4) is 5.75 Å². The summed E-state index contributed by atoms with van der Waals surface area (Å²) in [6.45, 7) is 9.30. The zero-order valence-electron chi connectivity index (χ0n) is 17.4. The van der Waals surface area contributed by atoms with Crippen LogP contribution in [0.2, 0.25) is 0 Å². The number of hydrogen-bond donors (Lipinski definition) is 2. The van der Waals surface area contributed by atoms with Gasteiger partial charge in [-0.2, -0.15) is 0 Å². The lowest BCUT2D eigenvalue weighted by atomic mass is 9.84. The number of nitrogens with one attached hydrogen (secondary N) is 1. The fourth-order valence-corrected chi connectivity index (χ4v) is 2.72. The van der Waals surface area contributed by atoms with E-state index in [1.54, 1.807) is 13.0 Å². The summed E-state index contributed by atoms with van der Waals surface area (Å²) in [5.41, 5.74) is 2.19. The number of carboxylic acids is 1. The van der Waals surface area contributed by atoms with Crippen LogP contribution in [-0.4, -0.2) is 35.3 Å². The number of carbonyl (C=O) groups is 3. The smallest absolute Gasteiger partial charge is 0.335 e. The van der Waals surface area contributed by atoms with Crippen LogP contribution in [0.5, 0.6) is 5.75 Å². The average Bonchev–Trinajstić information content (AvgIpc) is 2.65. The van der Waals surface area contributed by atoms with E-state index in [0.29, 0.717) is 11.3 Å². The maximum atomic E-state index is 12.6. The van der Waals surface area contributed by atoms with Crippen LogP contribution < -0.4 is 10.1 Å². The predicted molar refractivity (Wildman–Crippen MR) is 112 cm³/mol. The minimum atomic E-state index is -1.02. The van der Waals surface area contributed by atoms with Crippen LogP contribution in [-0.2, 0) is 10.2 Å². The number of anilines is 1. The van der Waals surface area contributed by atoms with Gasteiger partial charge < -0.3 is 15.2 Å². The predicted octanol–water partition coefficient (Wildman–Crippen LogP) is 4.33. The number of aromatic carboxylic acids is 1. The molecule has 0 heterocycles. The highest BCUT2D eigenvalue weighted by Gasteiger charge is 2.22. The van der Waals surface area contributed by atoms with Crippen LogP contribution in [0.15, 0.2) is 42.5 Å². The van der Waals surface area contributed by atoms with E-state index in [9.17, 15) is 14.4 Å². The van der Waals surface area contributed by atoms with Crippen LogP contribution in [0.3, 0.4) is 0 Å². The lowest BCUT2D eigenvalue weighted by Gasteiger charge is -2.25. The van der Waals surface area contributed by atoms with Gasteiger partial charge in [0.25, 0.3) is 0 Å². The zero-order chi connectivity index (χ0) is 21.8. The molecule has 6 nitrogen and oxygen atoms in total. The standard InChI is InChI=1S/C23H27NO5/c1-14(15(2)25)24-20-11-8-17(12-19(20)23(3,4)5)21(26)13-29-18-9-6-16(7-10-18)22(27)28/h6-12,14,24H,13H2,1-5H3,(H,27,28). The molecule has 0 aromatic heterocycles. The largest absolute Gasteiger partial charge is 0.485 e. The molecule has 0 aliphatic carbocycles. The second-order valence-corrected chi connectivity index (χ2v) is 8.03. The Kier molecular flexibility index (Phi) is 6.80. The van der Waals surface area contributed by atoms with Gasteiger partial charge >= 0.3 is 5.97 Å². The van der Waals surface area contributed by atoms with Crippen LogP contribution in [0.1, 0.15) is 60.9 Å². The van der Waals surface area contributed by atoms with Gasteiger partial charge in [0.15, 0.2) is 18.2 Å². The van der Waals surface area contributed by atoms with Crippen molar-refractivity contribution in [1.82, 2.24) is 0 Å². The maximum absolute atomic E-state index is 12.6. The molecule has 154 valence electrons. The van der Waals surface area contributed by atoms with Gasteiger partial charge in [0.1, 0.15) is 5.75 Å². The molecule has 2 rings (SSSR count). The summed E-state index contributed by atoms with van der Waals surface area (Å²) < 4.78 is 5.51. The van der Waals surface area contributed by atoms with Gasteiger partial charge in [-0.25, -0.2) is 4.79 Å². The molecule has 6 heteroatoms. The van der Waals surface area contributed by atoms with Crippen molar-refractivity contribution in [2.24, 2.45) is 0 Å². The summed E-state index contributed by atoms with van der Waals surface area (Å²) in [7, 11) is 0. The first-order valence-electron chi connectivity index (χ1n) is 9.40. The van der Waals surface area contributed by atoms with Gasteiger partial charge in [-0.15, -0.1) is 0 Å². The third-order valence-electron chi connectivity index (χ3n) is 4.60. The van der Waals surface area contributed by atoms with Gasteiger partial charge in [-0.05, 0) is 67.3 Å². The fraction of sp³-hybridized carbons (Fsp3) is 0.348. The Hall–Kier alpha value is -3.15. The lowest BCUT2D eigenvalue weighted by Crippen LogP contribution is -2.26. The van der Waals surface area contributed by atoms with Crippen molar-refractivity contribution in [1.29, 1.82) is 0 Å². The third kappa shape index (κ3) is 5.91. The van der Waals surface area contributed by atoms with E-state index in [1.807, 2.05) is 32.9 Å². The molecule has 29 heavy (non-hydrogen) atoms. The summed E-state index contributed by atoms with van der Waals surface area (Å²) in [6.07, 6.45) is 0. The van der Waals surface area contributed by atoms with Crippen molar-refractivity contribution >= 4 is 23.2 Å². The van der Waals surface area contributed by atoms with Crippen molar-refractivity contribution < 1.29 is 24.2 Å². The molecule has 0 fully saturated rings. The SMILES string of the molecule is CC(=O)C(C)Nc1ccc(C(=O)COc2ccc(C(=O)O)cc2)cc1C(C)(C)C.